The molecular weight excluding hydrogens is 214 g/mol. The van der Waals surface area contributed by atoms with E-state index < -0.39 is 5.60 Å². The van der Waals surface area contributed by atoms with Gasteiger partial charge >= 0.3 is 0 Å². The van der Waals surface area contributed by atoms with Crippen LogP contribution in [0.15, 0.2) is 36.5 Å². The van der Waals surface area contributed by atoms with Crippen LogP contribution in [0.3, 0.4) is 0 Å². The van der Waals surface area contributed by atoms with Crippen LogP contribution in [0.25, 0.3) is 10.9 Å². The molecule has 3 nitrogen and oxygen atoms in total. The number of aromatic nitrogens is 1. The zero-order chi connectivity index (χ0) is 11.7. The SMILES string of the molecule is OC1(c2ccc3cccnc3c2)CCCOC1. The normalized spacial score (nSPS) is 25.0. The third-order valence-electron chi connectivity index (χ3n) is 3.36. The van der Waals surface area contributed by atoms with E-state index in [9.17, 15) is 5.11 Å². The molecule has 0 amide bonds. The van der Waals surface area contributed by atoms with Gasteiger partial charge < -0.3 is 9.84 Å². The van der Waals surface area contributed by atoms with Gasteiger partial charge in [0.2, 0.25) is 0 Å². The van der Waals surface area contributed by atoms with E-state index in [0.717, 1.165) is 35.9 Å². The molecule has 1 unspecified atom stereocenters. The fourth-order valence-electron chi connectivity index (χ4n) is 2.36. The first kappa shape index (κ1) is 10.7. The van der Waals surface area contributed by atoms with Crippen LogP contribution in [0, 0.1) is 0 Å². The van der Waals surface area contributed by atoms with Gasteiger partial charge in [-0.25, -0.2) is 0 Å². The average Bonchev–Trinajstić information content (AvgIpc) is 2.39. The second-order valence-electron chi connectivity index (χ2n) is 4.60. The van der Waals surface area contributed by atoms with Crippen molar-refractivity contribution in [3.8, 4) is 0 Å². The molecule has 1 aromatic heterocycles. The van der Waals surface area contributed by atoms with E-state index in [1.165, 1.54) is 0 Å². The maximum absolute atomic E-state index is 10.5. The van der Waals surface area contributed by atoms with Crippen LogP contribution < -0.4 is 0 Å². The third-order valence-corrected chi connectivity index (χ3v) is 3.36. The zero-order valence-electron chi connectivity index (χ0n) is 9.60. The first-order valence-electron chi connectivity index (χ1n) is 5.93. The van der Waals surface area contributed by atoms with E-state index in [-0.39, 0.29) is 0 Å². The van der Waals surface area contributed by atoms with Crippen molar-refractivity contribution in [2.45, 2.75) is 18.4 Å². The molecule has 1 aliphatic rings. The smallest absolute Gasteiger partial charge is 0.113 e. The minimum Gasteiger partial charge on any atom is -0.383 e. The van der Waals surface area contributed by atoms with Crippen molar-refractivity contribution >= 4 is 10.9 Å². The maximum atomic E-state index is 10.5. The molecule has 0 spiro atoms. The quantitative estimate of drug-likeness (QED) is 0.815. The molecule has 1 saturated heterocycles. The second kappa shape index (κ2) is 4.09. The van der Waals surface area contributed by atoms with Crippen LogP contribution in [0.4, 0.5) is 0 Å². The summed E-state index contributed by atoms with van der Waals surface area (Å²) in [6, 6.07) is 9.88. The molecular formula is C14H15NO2. The van der Waals surface area contributed by atoms with Crippen molar-refractivity contribution in [3.63, 3.8) is 0 Å². The van der Waals surface area contributed by atoms with E-state index >= 15 is 0 Å². The Kier molecular flexibility index (Phi) is 2.57. The van der Waals surface area contributed by atoms with Gasteiger partial charge in [0.15, 0.2) is 0 Å². The van der Waals surface area contributed by atoms with Gasteiger partial charge in [0.1, 0.15) is 5.60 Å². The summed E-state index contributed by atoms with van der Waals surface area (Å²) < 4.78 is 5.38. The van der Waals surface area contributed by atoms with Crippen LogP contribution >= 0.6 is 0 Å². The number of fused-ring (bicyclic) bond motifs is 1. The monoisotopic (exact) mass is 229 g/mol. The highest BCUT2D eigenvalue weighted by Crippen LogP contribution is 2.31. The molecule has 0 bridgehead atoms. The van der Waals surface area contributed by atoms with Crippen molar-refractivity contribution < 1.29 is 9.84 Å². The minimum absolute atomic E-state index is 0.380. The lowest BCUT2D eigenvalue weighted by molar-refractivity contribution is -0.0902. The molecule has 2 aromatic rings. The zero-order valence-corrected chi connectivity index (χ0v) is 9.60. The predicted octanol–water partition coefficient (Wildman–Crippen LogP) is 2.23. The molecule has 0 saturated carbocycles. The molecule has 88 valence electrons. The van der Waals surface area contributed by atoms with Gasteiger partial charge in [0.05, 0.1) is 12.1 Å². The first-order valence-corrected chi connectivity index (χ1v) is 5.93. The molecule has 0 radical (unpaired) electrons. The Bertz CT molecular complexity index is 532. The van der Waals surface area contributed by atoms with E-state index in [0.29, 0.717) is 6.61 Å². The lowest BCUT2D eigenvalue weighted by Gasteiger charge is -2.32. The highest BCUT2D eigenvalue weighted by molar-refractivity contribution is 5.79. The van der Waals surface area contributed by atoms with Crippen LogP contribution in [-0.4, -0.2) is 23.3 Å². The molecule has 1 N–H and O–H groups in total. The number of nitrogens with zero attached hydrogens (tertiary/aromatic N) is 1. The Hall–Kier alpha value is -1.45. The summed E-state index contributed by atoms with van der Waals surface area (Å²) in [6.45, 7) is 1.12. The predicted molar refractivity (Wildman–Crippen MR) is 65.7 cm³/mol. The largest absolute Gasteiger partial charge is 0.383 e. The molecule has 0 aliphatic carbocycles. The highest BCUT2D eigenvalue weighted by Gasteiger charge is 2.32. The summed E-state index contributed by atoms with van der Waals surface area (Å²) in [6.07, 6.45) is 3.43. The van der Waals surface area contributed by atoms with Gasteiger partial charge in [0.25, 0.3) is 0 Å². The van der Waals surface area contributed by atoms with Gasteiger partial charge in [-0.3, -0.25) is 4.98 Å². The number of aliphatic hydroxyl groups is 1. The van der Waals surface area contributed by atoms with E-state index in [1.807, 2.05) is 30.3 Å². The molecule has 1 fully saturated rings. The van der Waals surface area contributed by atoms with Crippen LogP contribution in [0.5, 0.6) is 0 Å². The lowest BCUT2D eigenvalue weighted by atomic mass is 9.88. The molecule has 1 atom stereocenters. The second-order valence-corrected chi connectivity index (χ2v) is 4.60. The maximum Gasteiger partial charge on any atom is 0.113 e. The topological polar surface area (TPSA) is 42.4 Å². The van der Waals surface area contributed by atoms with E-state index in [2.05, 4.69) is 4.98 Å². The van der Waals surface area contributed by atoms with Crippen LogP contribution in [-0.2, 0) is 10.3 Å². The van der Waals surface area contributed by atoms with Gasteiger partial charge in [-0.05, 0) is 30.5 Å². The van der Waals surface area contributed by atoms with Gasteiger partial charge in [-0.2, -0.15) is 0 Å². The lowest BCUT2D eigenvalue weighted by Crippen LogP contribution is -2.35. The Morgan fingerprint density at radius 3 is 3.06 bits per heavy atom. The van der Waals surface area contributed by atoms with Gasteiger partial charge in [-0.1, -0.05) is 18.2 Å². The Balaban J connectivity index is 2.05. The van der Waals surface area contributed by atoms with Crippen molar-refractivity contribution in [2.75, 3.05) is 13.2 Å². The summed E-state index contributed by atoms with van der Waals surface area (Å²) in [5.74, 6) is 0. The number of hydrogen-bond donors (Lipinski definition) is 1. The van der Waals surface area contributed by atoms with E-state index in [1.54, 1.807) is 6.20 Å². The highest BCUT2D eigenvalue weighted by atomic mass is 16.5. The molecule has 1 aromatic carbocycles. The fraction of sp³-hybridized carbons (Fsp3) is 0.357. The number of rotatable bonds is 1. The Morgan fingerprint density at radius 1 is 1.29 bits per heavy atom. The summed E-state index contributed by atoms with van der Waals surface area (Å²) >= 11 is 0. The average molecular weight is 229 g/mol. The summed E-state index contributed by atoms with van der Waals surface area (Å²) in [4.78, 5) is 4.32. The molecule has 17 heavy (non-hydrogen) atoms. The van der Waals surface area contributed by atoms with Crippen molar-refractivity contribution in [1.29, 1.82) is 0 Å². The van der Waals surface area contributed by atoms with Crippen molar-refractivity contribution in [3.05, 3.63) is 42.1 Å². The van der Waals surface area contributed by atoms with E-state index in [4.69, 9.17) is 4.74 Å². The summed E-state index contributed by atoms with van der Waals surface area (Å²) in [7, 11) is 0. The number of hydrogen-bond acceptors (Lipinski definition) is 3. The summed E-state index contributed by atoms with van der Waals surface area (Å²) in [5.41, 5.74) is 0.983. The Labute approximate surface area is 100 Å². The Morgan fingerprint density at radius 2 is 2.24 bits per heavy atom. The van der Waals surface area contributed by atoms with Crippen LogP contribution in [0.1, 0.15) is 18.4 Å². The molecule has 3 heteroatoms. The molecule has 2 heterocycles. The number of ether oxygens (including phenoxy) is 1. The van der Waals surface area contributed by atoms with Crippen molar-refractivity contribution in [2.24, 2.45) is 0 Å². The molecule has 1 aliphatic heterocycles. The minimum atomic E-state index is -0.843. The first-order chi connectivity index (χ1) is 8.28. The number of pyridine rings is 1. The number of benzene rings is 1. The van der Waals surface area contributed by atoms with Crippen LogP contribution in [0.2, 0.25) is 0 Å². The van der Waals surface area contributed by atoms with Gasteiger partial charge in [-0.15, -0.1) is 0 Å². The van der Waals surface area contributed by atoms with Crippen molar-refractivity contribution in [1.82, 2.24) is 4.98 Å². The molecule has 3 rings (SSSR count). The summed E-state index contributed by atoms with van der Waals surface area (Å²) in [5, 5.41) is 11.6. The fourth-order valence-corrected chi connectivity index (χ4v) is 2.36. The third kappa shape index (κ3) is 1.92. The van der Waals surface area contributed by atoms with Gasteiger partial charge in [0, 0.05) is 18.2 Å². The standard InChI is InChI=1S/C14H15NO2/c16-14(6-2-8-17-10-14)12-5-4-11-3-1-7-15-13(11)9-12/h1,3-5,7,9,16H,2,6,8,10H2.